The average Bonchev–Trinajstić information content (AvgIpc) is 2.93. The van der Waals surface area contributed by atoms with Crippen molar-refractivity contribution in [3.63, 3.8) is 0 Å². The van der Waals surface area contributed by atoms with Gasteiger partial charge >= 0.3 is 0 Å². The van der Waals surface area contributed by atoms with E-state index >= 15 is 0 Å². The quantitative estimate of drug-likeness (QED) is 0.836. The minimum atomic E-state index is -3.49. The van der Waals surface area contributed by atoms with Crippen molar-refractivity contribution in [2.45, 2.75) is 25.7 Å². The van der Waals surface area contributed by atoms with Crippen molar-refractivity contribution in [2.75, 3.05) is 11.9 Å². The molecule has 6 nitrogen and oxygen atoms in total. The van der Waals surface area contributed by atoms with Gasteiger partial charge in [-0.05, 0) is 18.1 Å². The molecule has 0 aliphatic rings. The van der Waals surface area contributed by atoms with Gasteiger partial charge in [0.2, 0.25) is 15.9 Å². The van der Waals surface area contributed by atoms with Crippen molar-refractivity contribution < 1.29 is 13.2 Å². The number of hydrogen-bond donors (Lipinski definition) is 2. The Balaban J connectivity index is 2.16. The largest absolute Gasteiger partial charge is 0.302 e. The van der Waals surface area contributed by atoms with Gasteiger partial charge in [0.1, 0.15) is 0 Å². The third-order valence-corrected chi connectivity index (χ3v) is 5.13. The molecule has 0 bridgehead atoms. The van der Waals surface area contributed by atoms with E-state index in [9.17, 15) is 13.2 Å². The first-order chi connectivity index (χ1) is 10.8. The summed E-state index contributed by atoms with van der Waals surface area (Å²) in [6, 6.07) is 6.51. The first-order valence-electron chi connectivity index (χ1n) is 7.11. The van der Waals surface area contributed by atoms with Crippen LogP contribution in [0.1, 0.15) is 20.8 Å². The smallest absolute Gasteiger partial charge is 0.240 e. The number of amides is 1. The van der Waals surface area contributed by atoms with Crippen LogP contribution >= 0.6 is 11.3 Å². The molecule has 1 aromatic heterocycles. The lowest BCUT2D eigenvalue weighted by Gasteiger charge is -2.09. The molecule has 0 radical (unpaired) electrons. The molecule has 0 aliphatic carbocycles. The Kier molecular flexibility index (Phi) is 5.51. The molecule has 0 saturated heterocycles. The summed E-state index contributed by atoms with van der Waals surface area (Å²) < 4.78 is 26.8. The molecule has 1 heterocycles. The first-order valence-corrected chi connectivity index (χ1v) is 9.47. The predicted octanol–water partition coefficient (Wildman–Crippen LogP) is 2.70. The Morgan fingerprint density at radius 1 is 1.26 bits per heavy atom. The summed E-state index contributed by atoms with van der Waals surface area (Å²) in [5.41, 5.74) is 1.48. The van der Waals surface area contributed by atoms with Gasteiger partial charge in [0.25, 0.3) is 0 Å². The molecule has 0 unspecified atom stereocenters. The van der Waals surface area contributed by atoms with E-state index in [0.717, 1.165) is 5.56 Å². The molecule has 2 N–H and O–H groups in total. The number of carbonyl (C=O) groups excluding carboxylic acids is 1. The Morgan fingerprint density at radius 3 is 2.48 bits per heavy atom. The van der Waals surface area contributed by atoms with E-state index in [1.807, 2.05) is 19.2 Å². The maximum Gasteiger partial charge on any atom is 0.240 e. The number of nitrogens with zero attached hydrogens (tertiary/aromatic N) is 1. The standard InChI is InChI=1S/C15H19N3O3S2/c1-10(2)8-16-23(20,21)13-6-4-12(5-7-13)14-9-22-15(18-14)17-11(3)19/h4-7,9-10,16H,8H2,1-3H3,(H,17,18,19). The second kappa shape index (κ2) is 7.20. The Bertz CT molecular complexity index is 781. The second-order valence-electron chi connectivity index (χ2n) is 5.49. The molecule has 8 heteroatoms. The number of sulfonamides is 1. The van der Waals surface area contributed by atoms with E-state index in [2.05, 4.69) is 15.0 Å². The molecule has 0 atom stereocenters. The number of benzene rings is 1. The van der Waals surface area contributed by atoms with Gasteiger partial charge < -0.3 is 5.32 Å². The van der Waals surface area contributed by atoms with Crippen LogP contribution in [0.25, 0.3) is 11.3 Å². The SMILES string of the molecule is CC(=O)Nc1nc(-c2ccc(S(=O)(=O)NCC(C)C)cc2)cs1. The number of nitrogens with one attached hydrogen (secondary N) is 2. The zero-order chi connectivity index (χ0) is 17.0. The molecule has 2 aromatic rings. The second-order valence-corrected chi connectivity index (χ2v) is 8.11. The summed E-state index contributed by atoms with van der Waals surface area (Å²) in [6.07, 6.45) is 0. The molecule has 0 aliphatic heterocycles. The van der Waals surface area contributed by atoms with Gasteiger partial charge in [0, 0.05) is 24.4 Å². The van der Waals surface area contributed by atoms with E-state index in [4.69, 9.17) is 0 Å². The molecular weight excluding hydrogens is 334 g/mol. The first kappa shape index (κ1) is 17.6. The van der Waals surface area contributed by atoms with E-state index < -0.39 is 10.0 Å². The number of aromatic nitrogens is 1. The van der Waals surface area contributed by atoms with E-state index in [0.29, 0.717) is 17.4 Å². The van der Waals surface area contributed by atoms with Crippen LogP contribution in [0.15, 0.2) is 34.5 Å². The molecule has 0 spiro atoms. The van der Waals surface area contributed by atoms with Gasteiger partial charge in [0.15, 0.2) is 5.13 Å². The van der Waals surface area contributed by atoms with Crippen LogP contribution in [0.5, 0.6) is 0 Å². The fourth-order valence-corrected chi connectivity index (χ4v) is 3.76. The monoisotopic (exact) mass is 353 g/mol. The van der Waals surface area contributed by atoms with E-state index in [1.165, 1.54) is 18.3 Å². The maximum absolute atomic E-state index is 12.1. The number of carbonyl (C=O) groups is 1. The highest BCUT2D eigenvalue weighted by Gasteiger charge is 2.14. The zero-order valence-corrected chi connectivity index (χ0v) is 14.8. The highest BCUT2D eigenvalue weighted by molar-refractivity contribution is 7.89. The summed E-state index contributed by atoms with van der Waals surface area (Å²) in [6.45, 7) is 5.71. The summed E-state index contributed by atoms with van der Waals surface area (Å²) in [4.78, 5) is 15.5. The van der Waals surface area contributed by atoms with Crippen molar-refractivity contribution in [1.29, 1.82) is 0 Å². The van der Waals surface area contributed by atoms with Crippen LogP contribution in [-0.2, 0) is 14.8 Å². The maximum atomic E-state index is 12.1. The van der Waals surface area contributed by atoms with Crippen LogP contribution in [0.3, 0.4) is 0 Å². The lowest BCUT2D eigenvalue weighted by molar-refractivity contribution is -0.114. The average molecular weight is 353 g/mol. The third-order valence-electron chi connectivity index (χ3n) is 2.93. The summed E-state index contributed by atoms with van der Waals surface area (Å²) in [5.74, 6) is 0.0646. The minimum absolute atomic E-state index is 0.177. The molecule has 2 rings (SSSR count). The lowest BCUT2D eigenvalue weighted by Crippen LogP contribution is -2.27. The van der Waals surface area contributed by atoms with Crippen LogP contribution in [-0.4, -0.2) is 25.9 Å². The van der Waals surface area contributed by atoms with Gasteiger partial charge in [-0.3, -0.25) is 4.79 Å². The molecule has 124 valence electrons. The predicted molar refractivity (Wildman–Crippen MR) is 91.9 cm³/mol. The Labute approximate surface area is 140 Å². The Morgan fingerprint density at radius 2 is 1.91 bits per heavy atom. The number of anilines is 1. The third kappa shape index (κ3) is 4.85. The van der Waals surface area contributed by atoms with Gasteiger partial charge in [-0.2, -0.15) is 0 Å². The van der Waals surface area contributed by atoms with Crippen molar-refractivity contribution in [2.24, 2.45) is 5.92 Å². The van der Waals surface area contributed by atoms with Crippen LogP contribution in [0, 0.1) is 5.92 Å². The Hall–Kier alpha value is -1.77. The number of hydrogen-bond acceptors (Lipinski definition) is 5. The highest BCUT2D eigenvalue weighted by atomic mass is 32.2. The minimum Gasteiger partial charge on any atom is -0.302 e. The van der Waals surface area contributed by atoms with E-state index in [1.54, 1.807) is 24.3 Å². The number of rotatable bonds is 6. The fourth-order valence-electron chi connectivity index (χ4n) is 1.78. The molecular formula is C15H19N3O3S2. The summed E-state index contributed by atoms with van der Waals surface area (Å²) >= 11 is 1.32. The lowest BCUT2D eigenvalue weighted by atomic mass is 10.2. The van der Waals surface area contributed by atoms with Crippen molar-refractivity contribution in [3.8, 4) is 11.3 Å². The van der Waals surface area contributed by atoms with Crippen molar-refractivity contribution in [1.82, 2.24) is 9.71 Å². The van der Waals surface area contributed by atoms with Crippen LogP contribution in [0.2, 0.25) is 0 Å². The highest BCUT2D eigenvalue weighted by Crippen LogP contribution is 2.25. The molecule has 1 amide bonds. The van der Waals surface area contributed by atoms with Gasteiger partial charge in [-0.15, -0.1) is 11.3 Å². The number of thiazole rings is 1. The van der Waals surface area contributed by atoms with Crippen LogP contribution < -0.4 is 10.0 Å². The fraction of sp³-hybridized carbons (Fsp3) is 0.333. The topological polar surface area (TPSA) is 88.2 Å². The molecule has 23 heavy (non-hydrogen) atoms. The normalized spacial score (nSPS) is 11.7. The van der Waals surface area contributed by atoms with Crippen molar-refractivity contribution in [3.05, 3.63) is 29.6 Å². The summed E-state index contributed by atoms with van der Waals surface area (Å²) in [5, 5.41) is 4.95. The van der Waals surface area contributed by atoms with Gasteiger partial charge in [-0.1, -0.05) is 26.0 Å². The van der Waals surface area contributed by atoms with Gasteiger partial charge in [-0.25, -0.2) is 18.1 Å². The molecule has 1 aromatic carbocycles. The zero-order valence-electron chi connectivity index (χ0n) is 13.2. The molecule has 0 saturated carbocycles. The van der Waals surface area contributed by atoms with Crippen molar-refractivity contribution >= 4 is 32.4 Å². The van der Waals surface area contributed by atoms with Gasteiger partial charge in [0.05, 0.1) is 10.6 Å². The molecule has 0 fully saturated rings. The van der Waals surface area contributed by atoms with E-state index in [-0.39, 0.29) is 16.7 Å². The van der Waals surface area contributed by atoms with Crippen LogP contribution in [0.4, 0.5) is 5.13 Å². The summed E-state index contributed by atoms with van der Waals surface area (Å²) in [7, 11) is -3.49.